The van der Waals surface area contributed by atoms with Gasteiger partial charge in [-0.25, -0.2) is 4.79 Å². The molecule has 2 atom stereocenters. The number of halogens is 1. The Kier molecular flexibility index (Phi) is 8.58. The molecular formula is C24H32ClN3O3. The first-order chi connectivity index (χ1) is 15.0. The molecule has 1 heterocycles. The van der Waals surface area contributed by atoms with Crippen LogP contribution >= 0.6 is 11.6 Å². The topological polar surface area (TPSA) is 54.0 Å². The summed E-state index contributed by atoms with van der Waals surface area (Å²) in [4.78, 5) is 17.3. The van der Waals surface area contributed by atoms with Crippen LogP contribution in [0.25, 0.3) is 0 Å². The van der Waals surface area contributed by atoms with Crippen LogP contribution in [-0.2, 0) is 11.3 Å². The Balaban J connectivity index is 1.59. The molecule has 2 amide bonds. The second-order valence-electron chi connectivity index (χ2n) is 8.05. The Morgan fingerprint density at radius 1 is 1.19 bits per heavy atom. The van der Waals surface area contributed by atoms with E-state index in [9.17, 15) is 4.79 Å². The van der Waals surface area contributed by atoms with Gasteiger partial charge in [0, 0.05) is 39.8 Å². The van der Waals surface area contributed by atoms with Crippen molar-refractivity contribution in [2.24, 2.45) is 5.92 Å². The zero-order valence-electron chi connectivity index (χ0n) is 18.5. The molecule has 3 rings (SSSR count). The van der Waals surface area contributed by atoms with Gasteiger partial charge in [-0.1, -0.05) is 54.9 Å². The summed E-state index contributed by atoms with van der Waals surface area (Å²) in [6.07, 6.45) is 0.935. The summed E-state index contributed by atoms with van der Waals surface area (Å²) in [5, 5.41) is 3.43. The number of anilines is 1. The molecule has 2 aromatic carbocycles. The van der Waals surface area contributed by atoms with E-state index in [2.05, 4.69) is 41.4 Å². The van der Waals surface area contributed by atoms with Gasteiger partial charge in [-0.3, -0.25) is 4.90 Å². The number of rotatable bonds is 8. The number of methoxy groups -OCH3 is 1. The summed E-state index contributed by atoms with van der Waals surface area (Å²) in [6, 6.07) is 15.9. The smallest absolute Gasteiger partial charge is 0.321 e. The van der Waals surface area contributed by atoms with E-state index in [0.29, 0.717) is 35.6 Å². The van der Waals surface area contributed by atoms with E-state index in [1.807, 2.05) is 18.0 Å². The second-order valence-corrected chi connectivity index (χ2v) is 8.46. The molecule has 7 heteroatoms. The Morgan fingerprint density at radius 2 is 1.97 bits per heavy atom. The van der Waals surface area contributed by atoms with Crippen LogP contribution in [0, 0.1) is 5.92 Å². The van der Waals surface area contributed by atoms with E-state index >= 15 is 0 Å². The summed E-state index contributed by atoms with van der Waals surface area (Å²) >= 11 is 6.29. The molecule has 0 aliphatic carbocycles. The molecule has 6 nitrogen and oxygen atoms in total. The van der Waals surface area contributed by atoms with Crippen LogP contribution < -0.4 is 10.1 Å². The maximum absolute atomic E-state index is 13.0. The molecule has 2 unspecified atom stereocenters. The van der Waals surface area contributed by atoms with Crippen molar-refractivity contribution >= 4 is 23.3 Å². The lowest BCUT2D eigenvalue weighted by Gasteiger charge is -2.41. The van der Waals surface area contributed by atoms with Crippen LogP contribution in [0.3, 0.4) is 0 Å². The van der Waals surface area contributed by atoms with Gasteiger partial charge in [-0.05, 0) is 30.0 Å². The van der Waals surface area contributed by atoms with Gasteiger partial charge in [0.2, 0.25) is 0 Å². The maximum Gasteiger partial charge on any atom is 0.321 e. The third kappa shape index (κ3) is 6.35. The van der Waals surface area contributed by atoms with Crippen molar-refractivity contribution in [3.05, 3.63) is 59.1 Å². The Hall–Kier alpha value is -2.28. The highest BCUT2D eigenvalue weighted by Gasteiger charge is 2.31. The number of nitrogens with zero attached hydrogens (tertiary/aromatic N) is 2. The van der Waals surface area contributed by atoms with Crippen molar-refractivity contribution in [3.63, 3.8) is 0 Å². The quantitative estimate of drug-likeness (QED) is 0.596. The number of benzene rings is 2. The fourth-order valence-electron chi connectivity index (χ4n) is 4.12. The zero-order chi connectivity index (χ0) is 22.2. The first-order valence-corrected chi connectivity index (χ1v) is 11.1. The molecule has 0 saturated carbocycles. The highest BCUT2D eigenvalue weighted by atomic mass is 35.5. The lowest BCUT2D eigenvalue weighted by atomic mass is 9.92. The fourth-order valence-corrected chi connectivity index (χ4v) is 4.34. The lowest BCUT2D eigenvalue weighted by molar-refractivity contribution is 0.0933. The number of urea groups is 1. The Morgan fingerprint density at radius 3 is 2.68 bits per heavy atom. The number of nitrogens with one attached hydrogen (secondary N) is 1. The molecule has 2 aromatic rings. The number of piperidine rings is 1. The summed E-state index contributed by atoms with van der Waals surface area (Å²) in [5.74, 6) is 0.832. The molecule has 0 aromatic heterocycles. The van der Waals surface area contributed by atoms with E-state index in [1.165, 1.54) is 5.56 Å². The van der Waals surface area contributed by atoms with E-state index < -0.39 is 0 Å². The van der Waals surface area contributed by atoms with Gasteiger partial charge in [0.1, 0.15) is 6.61 Å². The highest BCUT2D eigenvalue weighted by Crippen LogP contribution is 2.33. The number of likely N-dealkylation sites (tertiary alicyclic amines) is 1. The largest absolute Gasteiger partial charge is 0.487 e. The van der Waals surface area contributed by atoms with Crippen molar-refractivity contribution in [1.29, 1.82) is 0 Å². The molecular weight excluding hydrogens is 414 g/mol. The minimum atomic E-state index is -0.160. The standard InChI is InChI=1S/C24H32ClN3O3/c1-18-16-28(17-19-8-5-4-6-9-19)13-12-22(18)27(2)24(29)26-21-11-7-10-20(25)23(21)31-15-14-30-3/h4-11,18,22H,12-17H2,1-3H3,(H,26,29). The number of para-hydroxylation sites is 1. The maximum atomic E-state index is 13.0. The lowest BCUT2D eigenvalue weighted by Crippen LogP contribution is -2.51. The third-order valence-electron chi connectivity index (χ3n) is 5.75. The number of ether oxygens (including phenoxy) is 2. The monoisotopic (exact) mass is 445 g/mol. The Bertz CT molecular complexity index is 849. The van der Waals surface area contributed by atoms with Crippen LogP contribution in [0.4, 0.5) is 10.5 Å². The zero-order valence-corrected chi connectivity index (χ0v) is 19.3. The Labute approximate surface area is 190 Å². The average molecular weight is 446 g/mol. The van der Waals surface area contributed by atoms with Crippen molar-refractivity contribution in [3.8, 4) is 5.75 Å². The van der Waals surface area contributed by atoms with Crippen LogP contribution in [0.15, 0.2) is 48.5 Å². The van der Waals surface area contributed by atoms with E-state index in [4.69, 9.17) is 21.1 Å². The highest BCUT2D eigenvalue weighted by molar-refractivity contribution is 6.32. The van der Waals surface area contributed by atoms with E-state index in [0.717, 1.165) is 26.1 Å². The summed E-state index contributed by atoms with van der Waals surface area (Å²) < 4.78 is 10.8. The summed E-state index contributed by atoms with van der Waals surface area (Å²) in [5.41, 5.74) is 1.89. The van der Waals surface area contributed by atoms with Gasteiger partial charge >= 0.3 is 6.03 Å². The van der Waals surface area contributed by atoms with Crippen molar-refractivity contribution in [2.45, 2.75) is 25.9 Å². The first kappa shape index (κ1) is 23.4. The molecule has 31 heavy (non-hydrogen) atoms. The molecule has 1 aliphatic heterocycles. The molecule has 0 radical (unpaired) electrons. The van der Waals surface area contributed by atoms with Gasteiger partial charge in [0.05, 0.1) is 17.3 Å². The van der Waals surface area contributed by atoms with Crippen molar-refractivity contribution in [2.75, 3.05) is 45.8 Å². The molecule has 0 spiro atoms. The third-order valence-corrected chi connectivity index (χ3v) is 6.05. The van der Waals surface area contributed by atoms with Crippen LogP contribution in [0.1, 0.15) is 18.9 Å². The van der Waals surface area contributed by atoms with Crippen LogP contribution in [0.5, 0.6) is 5.75 Å². The van der Waals surface area contributed by atoms with E-state index in [1.54, 1.807) is 25.3 Å². The number of amides is 2. The number of hydrogen-bond donors (Lipinski definition) is 1. The summed E-state index contributed by atoms with van der Waals surface area (Å²) in [6.45, 7) is 5.87. The van der Waals surface area contributed by atoms with Crippen molar-refractivity contribution in [1.82, 2.24) is 9.80 Å². The van der Waals surface area contributed by atoms with Gasteiger partial charge in [-0.2, -0.15) is 0 Å². The molecule has 0 bridgehead atoms. The molecule has 168 valence electrons. The molecule has 1 N–H and O–H groups in total. The second kappa shape index (κ2) is 11.4. The number of carbonyl (C=O) groups excluding carboxylic acids is 1. The van der Waals surface area contributed by atoms with Crippen molar-refractivity contribution < 1.29 is 14.3 Å². The van der Waals surface area contributed by atoms with E-state index in [-0.39, 0.29) is 12.1 Å². The average Bonchev–Trinajstić information content (AvgIpc) is 2.76. The fraction of sp³-hybridized carbons (Fsp3) is 0.458. The van der Waals surface area contributed by atoms with Gasteiger partial charge < -0.3 is 19.7 Å². The van der Waals surface area contributed by atoms with Gasteiger partial charge in [0.15, 0.2) is 5.75 Å². The molecule has 1 fully saturated rings. The minimum Gasteiger partial charge on any atom is -0.487 e. The molecule has 1 aliphatic rings. The SMILES string of the molecule is COCCOc1c(Cl)cccc1NC(=O)N(C)C1CCN(Cc2ccccc2)CC1C. The van der Waals surface area contributed by atoms with Gasteiger partial charge in [-0.15, -0.1) is 0 Å². The summed E-state index contributed by atoms with van der Waals surface area (Å²) in [7, 11) is 3.47. The van der Waals surface area contributed by atoms with Crippen LogP contribution in [-0.4, -0.2) is 62.3 Å². The predicted molar refractivity (Wildman–Crippen MR) is 125 cm³/mol. The molecule has 1 saturated heterocycles. The minimum absolute atomic E-state index is 0.160. The predicted octanol–water partition coefficient (Wildman–Crippen LogP) is 4.74. The van der Waals surface area contributed by atoms with Crippen LogP contribution in [0.2, 0.25) is 5.02 Å². The number of hydrogen-bond acceptors (Lipinski definition) is 4. The van der Waals surface area contributed by atoms with Gasteiger partial charge in [0.25, 0.3) is 0 Å². The normalized spacial score (nSPS) is 19.1. The number of carbonyl (C=O) groups is 1. The first-order valence-electron chi connectivity index (χ1n) is 10.7.